The Labute approximate surface area is 133 Å². The molecule has 0 fully saturated rings. The molecule has 0 atom stereocenters. The van der Waals surface area contributed by atoms with E-state index in [9.17, 15) is 8.42 Å². The molecule has 3 aromatic rings. The van der Waals surface area contributed by atoms with Gasteiger partial charge in [-0.05, 0) is 24.6 Å². The number of rotatable bonds is 5. The van der Waals surface area contributed by atoms with Crippen molar-refractivity contribution in [2.24, 2.45) is 0 Å². The summed E-state index contributed by atoms with van der Waals surface area (Å²) in [6, 6.07) is 4.81. The smallest absolute Gasteiger partial charge is 0.251 e. The molecule has 0 radical (unpaired) electrons. The lowest BCUT2D eigenvalue weighted by atomic mass is 10.1. The highest BCUT2D eigenvalue weighted by molar-refractivity contribution is 7.91. The number of methoxy groups -OCH3 is 1. The van der Waals surface area contributed by atoms with Crippen LogP contribution >= 0.6 is 0 Å². The number of imidazole rings is 1. The second-order valence-electron chi connectivity index (χ2n) is 4.99. The fourth-order valence-corrected chi connectivity index (χ4v) is 3.66. The van der Waals surface area contributed by atoms with Crippen LogP contribution in [0.5, 0.6) is 5.75 Å². The minimum atomic E-state index is -3.30. The van der Waals surface area contributed by atoms with E-state index < -0.39 is 9.84 Å². The third-order valence-electron chi connectivity index (χ3n) is 3.40. The molecule has 23 heavy (non-hydrogen) atoms. The zero-order chi connectivity index (χ0) is 16.4. The van der Waals surface area contributed by atoms with Crippen molar-refractivity contribution in [3.8, 4) is 17.0 Å². The van der Waals surface area contributed by atoms with Crippen LogP contribution in [-0.4, -0.2) is 40.9 Å². The molecule has 2 heterocycles. The van der Waals surface area contributed by atoms with E-state index in [2.05, 4.69) is 15.1 Å². The largest absolute Gasteiger partial charge is 0.496 e. The quantitative estimate of drug-likeness (QED) is 0.710. The maximum atomic E-state index is 12.2. The van der Waals surface area contributed by atoms with Crippen LogP contribution < -0.4 is 4.74 Å². The van der Waals surface area contributed by atoms with Crippen molar-refractivity contribution in [1.29, 1.82) is 0 Å². The van der Waals surface area contributed by atoms with Crippen molar-refractivity contribution < 1.29 is 13.2 Å². The molecule has 0 aliphatic rings. The second kappa shape index (κ2) is 5.96. The summed E-state index contributed by atoms with van der Waals surface area (Å²) < 4.78 is 31.3. The Morgan fingerprint density at radius 3 is 2.78 bits per heavy atom. The molecule has 2 aromatic heterocycles. The molecule has 0 unspecified atom stereocenters. The molecule has 3 rings (SSSR count). The zero-order valence-corrected chi connectivity index (χ0v) is 13.6. The number of sulfone groups is 1. The van der Waals surface area contributed by atoms with Crippen molar-refractivity contribution in [3.63, 3.8) is 0 Å². The van der Waals surface area contributed by atoms with E-state index in [0.717, 1.165) is 0 Å². The van der Waals surface area contributed by atoms with Gasteiger partial charge in [0.2, 0.25) is 0 Å². The Hall–Kier alpha value is -2.48. The SMILES string of the molecule is CCCS(=O)(=O)c1ccc(-c2cn3nccnc3n2)c(OC)c1. The van der Waals surface area contributed by atoms with Gasteiger partial charge in [-0.3, -0.25) is 0 Å². The second-order valence-corrected chi connectivity index (χ2v) is 7.10. The molecule has 0 N–H and O–H groups in total. The van der Waals surface area contributed by atoms with Gasteiger partial charge in [-0.15, -0.1) is 0 Å². The number of fused-ring (bicyclic) bond motifs is 1. The van der Waals surface area contributed by atoms with Crippen molar-refractivity contribution in [2.75, 3.05) is 12.9 Å². The van der Waals surface area contributed by atoms with Gasteiger partial charge < -0.3 is 4.74 Å². The van der Waals surface area contributed by atoms with Crippen LogP contribution in [0.25, 0.3) is 17.0 Å². The van der Waals surface area contributed by atoms with Crippen LogP contribution in [0.15, 0.2) is 41.7 Å². The molecular formula is C15H16N4O3S. The molecule has 0 saturated carbocycles. The minimum Gasteiger partial charge on any atom is -0.496 e. The first-order valence-electron chi connectivity index (χ1n) is 7.12. The van der Waals surface area contributed by atoms with Gasteiger partial charge in [0.15, 0.2) is 9.84 Å². The van der Waals surface area contributed by atoms with Crippen molar-refractivity contribution in [1.82, 2.24) is 19.6 Å². The Balaban J connectivity index is 2.10. The summed E-state index contributed by atoms with van der Waals surface area (Å²) in [6.45, 7) is 1.83. The summed E-state index contributed by atoms with van der Waals surface area (Å²) in [6.07, 6.45) is 5.41. The molecule has 0 aliphatic carbocycles. The summed E-state index contributed by atoms with van der Waals surface area (Å²) in [7, 11) is -1.80. The molecule has 0 spiro atoms. The minimum absolute atomic E-state index is 0.109. The maximum Gasteiger partial charge on any atom is 0.251 e. The molecule has 8 heteroatoms. The lowest BCUT2D eigenvalue weighted by Crippen LogP contribution is -2.06. The van der Waals surface area contributed by atoms with E-state index in [0.29, 0.717) is 29.2 Å². The monoisotopic (exact) mass is 332 g/mol. The standard InChI is InChI=1S/C15H16N4O3S/c1-3-8-23(20,21)11-4-5-12(14(9-11)22-2)13-10-19-15(18-13)16-6-7-17-19/h4-7,9-10H,3,8H2,1-2H3. The summed E-state index contributed by atoms with van der Waals surface area (Å²) in [5.41, 5.74) is 1.31. The zero-order valence-electron chi connectivity index (χ0n) is 12.8. The summed E-state index contributed by atoms with van der Waals surface area (Å²) in [5.74, 6) is 1.02. The van der Waals surface area contributed by atoms with E-state index in [1.165, 1.54) is 13.2 Å². The molecule has 7 nitrogen and oxygen atoms in total. The molecular weight excluding hydrogens is 316 g/mol. The van der Waals surface area contributed by atoms with Crippen LogP contribution in [0, 0.1) is 0 Å². The summed E-state index contributed by atoms with van der Waals surface area (Å²) in [5, 5.41) is 4.12. The van der Waals surface area contributed by atoms with E-state index >= 15 is 0 Å². The molecule has 0 saturated heterocycles. The Morgan fingerprint density at radius 1 is 1.26 bits per heavy atom. The van der Waals surface area contributed by atoms with Gasteiger partial charge in [-0.2, -0.15) is 5.10 Å². The highest BCUT2D eigenvalue weighted by Crippen LogP contribution is 2.31. The lowest BCUT2D eigenvalue weighted by molar-refractivity contribution is 0.415. The average molecular weight is 332 g/mol. The number of hydrogen-bond donors (Lipinski definition) is 0. The Bertz CT molecular complexity index is 917. The van der Waals surface area contributed by atoms with Gasteiger partial charge >= 0.3 is 0 Å². The highest BCUT2D eigenvalue weighted by Gasteiger charge is 2.18. The molecule has 0 amide bonds. The number of nitrogens with zero attached hydrogens (tertiary/aromatic N) is 4. The fourth-order valence-electron chi connectivity index (χ4n) is 2.33. The topological polar surface area (TPSA) is 86.5 Å². The van der Waals surface area contributed by atoms with Gasteiger partial charge in [0.05, 0.1) is 42.0 Å². The van der Waals surface area contributed by atoms with Gasteiger partial charge in [0.1, 0.15) is 5.75 Å². The third kappa shape index (κ3) is 2.89. The van der Waals surface area contributed by atoms with E-state index in [4.69, 9.17) is 4.74 Å². The van der Waals surface area contributed by atoms with Gasteiger partial charge in [-0.25, -0.2) is 22.9 Å². The predicted octanol–water partition coefficient (Wildman–Crippen LogP) is 1.98. The molecule has 0 bridgehead atoms. The molecule has 0 aliphatic heterocycles. The van der Waals surface area contributed by atoms with Crippen LogP contribution in [-0.2, 0) is 9.84 Å². The van der Waals surface area contributed by atoms with E-state index in [1.54, 1.807) is 35.2 Å². The van der Waals surface area contributed by atoms with Gasteiger partial charge in [0, 0.05) is 5.56 Å². The number of ether oxygens (including phenoxy) is 1. The first-order valence-corrected chi connectivity index (χ1v) is 8.78. The van der Waals surface area contributed by atoms with Crippen LogP contribution in [0.4, 0.5) is 0 Å². The Kier molecular flexibility index (Phi) is 3.99. The van der Waals surface area contributed by atoms with E-state index in [1.807, 2.05) is 6.92 Å². The average Bonchev–Trinajstić information content (AvgIpc) is 2.98. The van der Waals surface area contributed by atoms with Crippen molar-refractivity contribution in [2.45, 2.75) is 18.2 Å². The van der Waals surface area contributed by atoms with Gasteiger partial charge in [-0.1, -0.05) is 6.92 Å². The number of aromatic nitrogens is 4. The first-order chi connectivity index (χ1) is 11.0. The van der Waals surface area contributed by atoms with E-state index in [-0.39, 0.29) is 10.6 Å². The lowest BCUT2D eigenvalue weighted by Gasteiger charge is -2.09. The van der Waals surface area contributed by atoms with Gasteiger partial charge in [0.25, 0.3) is 5.78 Å². The highest BCUT2D eigenvalue weighted by atomic mass is 32.2. The predicted molar refractivity (Wildman–Crippen MR) is 85.1 cm³/mol. The number of hydrogen-bond acceptors (Lipinski definition) is 6. The Morgan fingerprint density at radius 2 is 2.09 bits per heavy atom. The summed E-state index contributed by atoms with van der Waals surface area (Å²) in [4.78, 5) is 8.75. The normalized spacial score (nSPS) is 11.7. The first kappa shape index (κ1) is 15.4. The van der Waals surface area contributed by atoms with Crippen molar-refractivity contribution >= 4 is 15.6 Å². The molecule has 120 valence electrons. The van der Waals surface area contributed by atoms with Crippen LogP contribution in [0.1, 0.15) is 13.3 Å². The van der Waals surface area contributed by atoms with Crippen LogP contribution in [0.3, 0.4) is 0 Å². The van der Waals surface area contributed by atoms with Crippen molar-refractivity contribution in [3.05, 3.63) is 36.8 Å². The fraction of sp³-hybridized carbons (Fsp3) is 0.267. The van der Waals surface area contributed by atoms with Crippen LogP contribution in [0.2, 0.25) is 0 Å². The number of benzene rings is 1. The molecule has 1 aromatic carbocycles. The third-order valence-corrected chi connectivity index (χ3v) is 5.32. The maximum absolute atomic E-state index is 12.2. The summed E-state index contributed by atoms with van der Waals surface area (Å²) >= 11 is 0.